The summed E-state index contributed by atoms with van der Waals surface area (Å²) in [6, 6.07) is 10.5. The highest BCUT2D eigenvalue weighted by Gasteiger charge is 2.32. The summed E-state index contributed by atoms with van der Waals surface area (Å²) in [5.74, 6) is -2.02. The molecule has 2 N–H and O–H groups in total. The Morgan fingerprint density at radius 3 is 2.68 bits per heavy atom. The van der Waals surface area contributed by atoms with Crippen LogP contribution in [-0.2, 0) is 12.6 Å². The zero-order valence-electron chi connectivity index (χ0n) is 17.8. The summed E-state index contributed by atoms with van der Waals surface area (Å²) in [5.41, 5.74) is 1.89. The minimum atomic E-state index is -4.69. The van der Waals surface area contributed by atoms with E-state index < -0.39 is 29.0 Å². The van der Waals surface area contributed by atoms with Gasteiger partial charge in [0.25, 0.3) is 5.91 Å². The van der Waals surface area contributed by atoms with Crippen molar-refractivity contribution in [3.8, 4) is 0 Å². The van der Waals surface area contributed by atoms with Gasteiger partial charge in [0.05, 0.1) is 16.8 Å². The van der Waals surface area contributed by atoms with Crippen LogP contribution in [0.2, 0.25) is 0 Å². The molecular formula is C24H18F4N4OS. The molecule has 0 bridgehead atoms. The van der Waals surface area contributed by atoms with Crippen molar-refractivity contribution in [3.63, 3.8) is 0 Å². The number of benzene rings is 2. The van der Waals surface area contributed by atoms with Crippen molar-refractivity contribution in [2.24, 2.45) is 0 Å². The van der Waals surface area contributed by atoms with Crippen LogP contribution in [0.5, 0.6) is 0 Å². The van der Waals surface area contributed by atoms with Crippen LogP contribution in [-0.4, -0.2) is 15.9 Å². The first-order valence-corrected chi connectivity index (χ1v) is 11.0. The molecule has 2 heterocycles. The standard InChI is InChI=1S/C24H18F4N4OS/c1-14-4-6-17(30-22(33)19-10-16(24(26,27)28)5-7-20(19)25)11-21(14)32-23-31-18(13-34-23)9-15-3-2-8-29-12-15/h2-8,10-13H,9H2,1H3,(H,30,33)(H,31,32). The molecule has 2 aromatic carbocycles. The lowest BCUT2D eigenvalue weighted by atomic mass is 10.1. The van der Waals surface area contributed by atoms with Crippen molar-refractivity contribution in [3.05, 3.63) is 100 Å². The number of thiazole rings is 1. The van der Waals surface area contributed by atoms with Crippen LogP contribution < -0.4 is 10.6 Å². The summed E-state index contributed by atoms with van der Waals surface area (Å²) in [6.07, 6.45) is -0.583. The fraction of sp³-hybridized carbons (Fsp3) is 0.125. The first-order chi connectivity index (χ1) is 16.2. The number of aromatic nitrogens is 2. The lowest BCUT2D eigenvalue weighted by molar-refractivity contribution is -0.137. The van der Waals surface area contributed by atoms with Gasteiger partial charge >= 0.3 is 6.18 Å². The lowest BCUT2D eigenvalue weighted by Gasteiger charge is -2.12. The fourth-order valence-electron chi connectivity index (χ4n) is 3.18. The van der Waals surface area contributed by atoms with Crippen LogP contribution >= 0.6 is 11.3 Å². The second kappa shape index (κ2) is 9.60. The number of amides is 1. The number of pyridine rings is 1. The number of carbonyl (C=O) groups excluding carboxylic acids is 1. The van der Waals surface area contributed by atoms with E-state index in [0.717, 1.165) is 16.8 Å². The molecule has 5 nitrogen and oxygen atoms in total. The van der Waals surface area contributed by atoms with Crippen molar-refractivity contribution in [1.82, 2.24) is 9.97 Å². The van der Waals surface area contributed by atoms with E-state index >= 15 is 0 Å². The predicted octanol–water partition coefficient (Wildman–Crippen LogP) is 6.59. The molecule has 0 radical (unpaired) electrons. The van der Waals surface area contributed by atoms with Crippen LogP contribution in [0.3, 0.4) is 0 Å². The van der Waals surface area contributed by atoms with Crippen molar-refractivity contribution in [1.29, 1.82) is 0 Å². The molecule has 1 amide bonds. The van der Waals surface area contributed by atoms with E-state index in [4.69, 9.17) is 0 Å². The predicted molar refractivity (Wildman–Crippen MR) is 123 cm³/mol. The SMILES string of the molecule is Cc1ccc(NC(=O)c2cc(C(F)(F)F)ccc2F)cc1Nc1nc(Cc2cccnc2)cs1. The molecule has 174 valence electrons. The summed E-state index contributed by atoms with van der Waals surface area (Å²) >= 11 is 1.41. The van der Waals surface area contributed by atoms with Gasteiger partial charge in [-0.2, -0.15) is 13.2 Å². The number of hydrogen-bond acceptors (Lipinski definition) is 5. The number of aryl methyl sites for hydroxylation is 1. The van der Waals surface area contributed by atoms with Gasteiger partial charge in [0.1, 0.15) is 5.82 Å². The second-order valence-corrected chi connectivity index (χ2v) is 8.34. The average molecular weight is 486 g/mol. The van der Waals surface area contributed by atoms with Crippen LogP contribution in [0, 0.1) is 12.7 Å². The number of nitrogens with one attached hydrogen (secondary N) is 2. The third kappa shape index (κ3) is 5.57. The Kier molecular flexibility index (Phi) is 6.60. The van der Waals surface area contributed by atoms with E-state index in [1.807, 2.05) is 24.4 Å². The Morgan fingerprint density at radius 2 is 1.94 bits per heavy atom. The molecule has 0 unspecified atom stereocenters. The van der Waals surface area contributed by atoms with Gasteiger partial charge in [-0.25, -0.2) is 9.37 Å². The molecule has 4 aromatic rings. The highest BCUT2D eigenvalue weighted by atomic mass is 32.1. The van der Waals surface area contributed by atoms with Crippen LogP contribution in [0.15, 0.2) is 66.3 Å². The molecule has 0 aliphatic rings. The summed E-state index contributed by atoms with van der Waals surface area (Å²) < 4.78 is 52.9. The van der Waals surface area contributed by atoms with Gasteiger partial charge in [-0.1, -0.05) is 12.1 Å². The van der Waals surface area contributed by atoms with Gasteiger partial charge < -0.3 is 10.6 Å². The first-order valence-electron chi connectivity index (χ1n) is 10.1. The van der Waals surface area contributed by atoms with Crippen molar-refractivity contribution < 1.29 is 22.4 Å². The van der Waals surface area contributed by atoms with Crippen LogP contribution in [0.1, 0.15) is 32.7 Å². The number of alkyl halides is 3. The molecule has 4 rings (SSSR count). The van der Waals surface area contributed by atoms with E-state index in [-0.39, 0.29) is 0 Å². The van der Waals surface area contributed by atoms with Gasteiger partial charge in [0.15, 0.2) is 5.13 Å². The van der Waals surface area contributed by atoms with E-state index in [1.165, 1.54) is 11.3 Å². The summed E-state index contributed by atoms with van der Waals surface area (Å²) in [5, 5.41) is 8.21. The second-order valence-electron chi connectivity index (χ2n) is 7.48. The maximum Gasteiger partial charge on any atom is 0.416 e. The minimum Gasteiger partial charge on any atom is -0.331 e. The van der Waals surface area contributed by atoms with E-state index in [2.05, 4.69) is 20.6 Å². The Labute approximate surface area is 196 Å². The Hall–Kier alpha value is -3.79. The molecule has 2 aromatic heterocycles. The Morgan fingerprint density at radius 1 is 1.12 bits per heavy atom. The summed E-state index contributed by atoms with van der Waals surface area (Å²) in [6.45, 7) is 1.85. The van der Waals surface area contributed by atoms with Gasteiger partial charge in [-0.05, 0) is 54.4 Å². The van der Waals surface area contributed by atoms with Gasteiger partial charge in [0.2, 0.25) is 0 Å². The molecule has 0 atom stereocenters. The van der Waals surface area contributed by atoms with E-state index in [1.54, 1.807) is 30.6 Å². The lowest BCUT2D eigenvalue weighted by Crippen LogP contribution is -2.16. The fourth-order valence-corrected chi connectivity index (χ4v) is 3.90. The average Bonchev–Trinajstić information content (AvgIpc) is 3.23. The smallest absolute Gasteiger partial charge is 0.331 e. The maximum absolute atomic E-state index is 14.0. The number of rotatable bonds is 6. The number of halogens is 4. The molecular weight excluding hydrogens is 468 g/mol. The normalized spacial score (nSPS) is 11.3. The van der Waals surface area contributed by atoms with Crippen LogP contribution in [0.4, 0.5) is 34.1 Å². The zero-order valence-corrected chi connectivity index (χ0v) is 18.6. The first kappa shape index (κ1) is 23.4. The molecule has 10 heteroatoms. The number of nitrogens with zero attached hydrogens (tertiary/aromatic N) is 2. The molecule has 0 fully saturated rings. The van der Waals surface area contributed by atoms with E-state index in [0.29, 0.717) is 41.1 Å². The molecule has 0 aliphatic carbocycles. The number of hydrogen-bond donors (Lipinski definition) is 2. The highest BCUT2D eigenvalue weighted by Crippen LogP contribution is 2.31. The quantitative estimate of drug-likeness (QED) is 0.302. The molecule has 0 aliphatic heterocycles. The van der Waals surface area contributed by atoms with Crippen molar-refractivity contribution in [2.75, 3.05) is 10.6 Å². The minimum absolute atomic E-state index is 0.294. The van der Waals surface area contributed by atoms with Gasteiger partial charge in [-0.3, -0.25) is 9.78 Å². The van der Waals surface area contributed by atoms with Crippen molar-refractivity contribution >= 4 is 33.8 Å². The molecule has 0 saturated carbocycles. The summed E-state index contributed by atoms with van der Waals surface area (Å²) in [7, 11) is 0. The topological polar surface area (TPSA) is 66.9 Å². The third-order valence-corrected chi connectivity index (χ3v) is 5.74. The monoisotopic (exact) mass is 486 g/mol. The largest absolute Gasteiger partial charge is 0.416 e. The number of anilines is 3. The van der Waals surface area contributed by atoms with Crippen molar-refractivity contribution in [2.45, 2.75) is 19.5 Å². The third-order valence-electron chi connectivity index (χ3n) is 4.94. The Balaban J connectivity index is 1.49. The molecule has 0 spiro atoms. The number of carbonyl (C=O) groups is 1. The summed E-state index contributed by atoms with van der Waals surface area (Å²) in [4.78, 5) is 21.1. The van der Waals surface area contributed by atoms with Gasteiger partial charge in [0, 0.05) is 35.6 Å². The molecule has 34 heavy (non-hydrogen) atoms. The maximum atomic E-state index is 14.0. The zero-order chi connectivity index (χ0) is 24.3. The molecule has 0 saturated heterocycles. The van der Waals surface area contributed by atoms with E-state index in [9.17, 15) is 22.4 Å². The highest BCUT2D eigenvalue weighted by molar-refractivity contribution is 7.13. The Bertz CT molecular complexity index is 1320. The van der Waals surface area contributed by atoms with Crippen LogP contribution in [0.25, 0.3) is 0 Å². The van der Waals surface area contributed by atoms with Gasteiger partial charge in [-0.15, -0.1) is 11.3 Å².